The van der Waals surface area contributed by atoms with Crippen LogP contribution in [-0.4, -0.2) is 9.78 Å². The SMILES string of the molecule is N#CCc1c2ccccc2nn1-c1cccc(C(F)(F)F)c1. The number of alkyl halides is 3. The van der Waals surface area contributed by atoms with E-state index >= 15 is 0 Å². The van der Waals surface area contributed by atoms with Crippen molar-refractivity contribution < 1.29 is 13.2 Å². The first-order chi connectivity index (χ1) is 10.5. The summed E-state index contributed by atoms with van der Waals surface area (Å²) in [5, 5.41) is 14.1. The molecule has 0 radical (unpaired) electrons. The number of rotatable bonds is 2. The van der Waals surface area contributed by atoms with Crippen molar-refractivity contribution in [3.05, 3.63) is 59.8 Å². The molecule has 6 heteroatoms. The average Bonchev–Trinajstić information content (AvgIpc) is 2.86. The fraction of sp³-hybridized carbons (Fsp3) is 0.125. The van der Waals surface area contributed by atoms with Crippen LogP contribution in [0.3, 0.4) is 0 Å². The lowest BCUT2D eigenvalue weighted by Crippen LogP contribution is -2.07. The van der Waals surface area contributed by atoms with E-state index in [1.807, 2.05) is 6.07 Å². The minimum Gasteiger partial charge on any atom is -0.236 e. The van der Waals surface area contributed by atoms with Crippen LogP contribution >= 0.6 is 0 Å². The zero-order valence-electron chi connectivity index (χ0n) is 11.3. The van der Waals surface area contributed by atoms with Gasteiger partial charge in [0.1, 0.15) is 0 Å². The molecule has 0 aliphatic rings. The first-order valence-corrected chi connectivity index (χ1v) is 6.52. The second kappa shape index (κ2) is 5.19. The summed E-state index contributed by atoms with van der Waals surface area (Å²) in [5.74, 6) is 0. The molecule has 0 unspecified atom stereocenters. The summed E-state index contributed by atoms with van der Waals surface area (Å²) in [7, 11) is 0. The molecular formula is C16H10F3N3. The van der Waals surface area contributed by atoms with Crippen LogP contribution in [0.4, 0.5) is 13.2 Å². The fourth-order valence-electron chi connectivity index (χ4n) is 2.36. The van der Waals surface area contributed by atoms with Gasteiger partial charge >= 0.3 is 6.18 Å². The molecule has 0 bridgehead atoms. The van der Waals surface area contributed by atoms with E-state index in [0.29, 0.717) is 11.2 Å². The first-order valence-electron chi connectivity index (χ1n) is 6.52. The van der Waals surface area contributed by atoms with Crippen LogP contribution in [0, 0.1) is 11.3 Å². The first kappa shape index (κ1) is 14.1. The van der Waals surface area contributed by atoms with Gasteiger partial charge in [0.25, 0.3) is 0 Å². The molecule has 0 N–H and O–H groups in total. The van der Waals surface area contributed by atoms with Gasteiger partial charge in [0, 0.05) is 5.39 Å². The van der Waals surface area contributed by atoms with Crippen LogP contribution in [-0.2, 0) is 12.6 Å². The number of hydrogen-bond acceptors (Lipinski definition) is 2. The Balaban J connectivity index is 2.22. The second-order valence-corrected chi connectivity index (χ2v) is 4.76. The molecule has 22 heavy (non-hydrogen) atoms. The van der Waals surface area contributed by atoms with Gasteiger partial charge in [-0.1, -0.05) is 24.3 Å². The third-order valence-corrected chi connectivity index (χ3v) is 3.34. The molecule has 0 spiro atoms. The van der Waals surface area contributed by atoms with Crippen LogP contribution in [0.5, 0.6) is 0 Å². The Morgan fingerprint density at radius 1 is 1.09 bits per heavy atom. The highest BCUT2D eigenvalue weighted by Gasteiger charge is 2.30. The third kappa shape index (κ3) is 2.42. The van der Waals surface area contributed by atoms with Crippen molar-refractivity contribution >= 4 is 10.9 Å². The van der Waals surface area contributed by atoms with E-state index in [1.165, 1.54) is 10.7 Å². The molecule has 0 saturated carbocycles. The molecular weight excluding hydrogens is 291 g/mol. The van der Waals surface area contributed by atoms with Crippen molar-refractivity contribution in [3.8, 4) is 11.8 Å². The lowest BCUT2D eigenvalue weighted by molar-refractivity contribution is -0.137. The molecule has 0 saturated heterocycles. The van der Waals surface area contributed by atoms with E-state index in [1.54, 1.807) is 30.3 Å². The van der Waals surface area contributed by atoms with Gasteiger partial charge in [-0.2, -0.15) is 23.5 Å². The molecule has 0 aliphatic carbocycles. The van der Waals surface area contributed by atoms with Crippen LogP contribution in [0.1, 0.15) is 11.3 Å². The van der Waals surface area contributed by atoms with Crippen molar-refractivity contribution in [3.63, 3.8) is 0 Å². The highest BCUT2D eigenvalue weighted by molar-refractivity contribution is 5.82. The highest BCUT2D eigenvalue weighted by atomic mass is 19.4. The quantitative estimate of drug-likeness (QED) is 0.714. The van der Waals surface area contributed by atoms with Gasteiger partial charge in [0.05, 0.1) is 35.0 Å². The molecule has 0 fully saturated rings. The van der Waals surface area contributed by atoms with Crippen molar-refractivity contribution in [2.75, 3.05) is 0 Å². The number of nitriles is 1. The van der Waals surface area contributed by atoms with E-state index in [0.717, 1.165) is 17.5 Å². The molecule has 1 aromatic heterocycles. The number of fused-ring (bicyclic) bond motifs is 1. The van der Waals surface area contributed by atoms with Crippen LogP contribution in [0.25, 0.3) is 16.6 Å². The molecule has 2 aromatic carbocycles. The van der Waals surface area contributed by atoms with E-state index in [-0.39, 0.29) is 12.1 Å². The van der Waals surface area contributed by atoms with Gasteiger partial charge in [-0.3, -0.25) is 0 Å². The Bertz CT molecular complexity index is 872. The topological polar surface area (TPSA) is 41.6 Å². The summed E-state index contributed by atoms with van der Waals surface area (Å²) in [6.45, 7) is 0. The maximum atomic E-state index is 12.9. The summed E-state index contributed by atoms with van der Waals surface area (Å²) in [4.78, 5) is 0. The highest BCUT2D eigenvalue weighted by Crippen LogP contribution is 2.31. The van der Waals surface area contributed by atoms with Crippen LogP contribution in [0.15, 0.2) is 48.5 Å². The van der Waals surface area contributed by atoms with E-state index in [4.69, 9.17) is 5.26 Å². The maximum Gasteiger partial charge on any atom is 0.416 e. The summed E-state index contributed by atoms with van der Waals surface area (Å²) in [6, 6.07) is 14.1. The predicted octanol–water partition coefficient (Wildman–Crippen LogP) is 4.11. The van der Waals surface area contributed by atoms with E-state index in [2.05, 4.69) is 5.10 Å². The van der Waals surface area contributed by atoms with Gasteiger partial charge in [-0.25, -0.2) is 4.68 Å². The Kier molecular flexibility index (Phi) is 3.33. The summed E-state index contributed by atoms with van der Waals surface area (Å²) < 4.78 is 40.0. The minimum absolute atomic E-state index is 0.0662. The average molecular weight is 301 g/mol. The number of hydrogen-bond donors (Lipinski definition) is 0. The van der Waals surface area contributed by atoms with Crippen molar-refractivity contribution in [1.29, 1.82) is 5.26 Å². The molecule has 3 rings (SSSR count). The van der Waals surface area contributed by atoms with Crippen LogP contribution in [0.2, 0.25) is 0 Å². The lowest BCUT2D eigenvalue weighted by Gasteiger charge is -2.10. The van der Waals surface area contributed by atoms with Gasteiger partial charge < -0.3 is 0 Å². The summed E-state index contributed by atoms with van der Waals surface area (Å²) in [5.41, 5.74) is 0.770. The predicted molar refractivity (Wildman–Crippen MR) is 75.4 cm³/mol. The molecule has 3 nitrogen and oxygen atoms in total. The van der Waals surface area contributed by atoms with Gasteiger partial charge in [0.2, 0.25) is 0 Å². The molecule has 0 amide bonds. The second-order valence-electron chi connectivity index (χ2n) is 4.76. The molecule has 0 aliphatic heterocycles. The Labute approximate surface area is 124 Å². The van der Waals surface area contributed by atoms with Gasteiger partial charge in [0.15, 0.2) is 0 Å². The number of aromatic nitrogens is 2. The Hall–Kier alpha value is -2.81. The normalized spacial score (nSPS) is 11.5. The zero-order chi connectivity index (χ0) is 15.7. The molecule has 1 heterocycles. The standard InChI is InChI=1S/C16H10F3N3/c17-16(18,19)11-4-3-5-12(10-11)22-15(8-9-20)13-6-1-2-7-14(13)21-22/h1-7,10H,8H2. The van der Waals surface area contributed by atoms with E-state index in [9.17, 15) is 13.2 Å². The number of benzene rings is 2. The summed E-state index contributed by atoms with van der Waals surface area (Å²) in [6.07, 6.45) is -4.35. The Morgan fingerprint density at radius 2 is 1.86 bits per heavy atom. The number of halogens is 3. The van der Waals surface area contributed by atoms with E-state index < -0.39 is 11.7 Å². The number of nitrogens with zero attached hydrogens (tertiary/aromatic N) is 3. The Morgan fingerprint density at radius 3 is 2.59 bits per heavy atom. The lowest BCUT2D eigenvalue weighted by atomic mass is 10.1. The van der Waals surface area contributed by atoms with Gasteiger partial charge in [-0.05, 0) is 24.3 Å². The molecule has 0 atom stereocenters. The molecule has 3 aromatic rings. The maximum absolute atomic E-state index is 12.9. The monoisotopic (exact) mass is 301 g/mol. The van der Waals surface area contributed by atoms with Crippen molar-refractivity contribution in [1.82, 2.24) is 9.78 Å². The van der Waals surface area contributed by atoms with Crippen LogP contribution < -0.4 is 0 Å². The minimum atomic E-state index is -4.42. The third-order valence-electron chi connectivity index (χ3n) is 3.34. The van der Waals surface area contributed by atoms with Crippen molar-refractivity contribution in [2.45, 2.75) is 12.6 Å². The van der Waals surface area contributed by atoms with Gasteiger partial charge in [-0.15, -0.1) is 0 Å². The largest absolute Gasteiger partial charge is 0.416 e. The zero-order valence-corrected chi connectivity index (χ0v) is 11.3. The smallest absolute Gasteiger partial charge is 0.236 e. The molecule has 110 valence electrons. The fourth-order valence-corrected chi connectivity index (χ4v) is 2.36. The summed E-state index contributed by atoms with van der Waals surface area (Å²) >= 11 is 0. The van der Waals surface area contributed by atoms with Crippen molar-refractivity contribution in [2.24, 2.45) is 0 Å².